The summed E-state index contributed by atoms with van der Waals surface area (Å²) in [5.74, 6) is 2.11. The van der Waals surface area contributed by atoms with Crippen molar-refractivity contribution in [3.05, 3.63) is 46.9 Å². The van der Waals surface area contributed by atoms with E-state index in [1.807, 2.05) is 36.0 Å². The van der Waals surface area contributed by atoms with Crippen molar-refractivity contribution in [3.63, 3.8) is 0 Å². The molecule has 1 spiro atoms. The Bertz CT molecular complexity index is 627. The van der Waals surface area contributed by atoms with E-state index in [9.17, 15) is 4.79 Å². The van der Waals surface area contributed by atoms with E-state index >= 15 is 0 Å². The number of hydrogen-bond donors (Lipinski definition) is 0. The van der Waals surface area contributed by atoms with Gasteiger partial charge in [0, 0.05) is 22.3 Å². The Kier molecular flexibility index (Phi) is 4.44. The highest BCUT2D eigenvalue weighted by atomic mass is 32.2. The van der Waals surface area contributed by atoms with Gasteiger partial charge >= 0.3 is 0 Å². The third kappa shape index (κ3) is 2.63. The number of carbonyl (C=O) groups excluding carboxylic acids is 1. The average molecular weight is 314 g/mol. The number of carbonyl (C=O) groups is 1. The van der Waals surface area contributed by atoms with Crippen LogP contribution in [0.4, 0.5) is 0 Å². The van der Waals surface area contributed by atoms with Crippen molar-refractivity contribution in [2.75, 3.05) is 12.9 Å². The number of hydrogen-bond acceptors (Lipinski definition) is 3. The number of ketones is 1. The Morgan fingerprint density at radius 3 is 2.64 bits per heavy atom. The molecule has 1 aromatic rings. The lowest BCUT2D eigenvalue weighted by molar-refractivity contribution is -0.114. The van der Waals surface area contributed by atoms with E-state index in [0.29, 0.717) is 6.42 Å². The van der Waals surface area contributed by atoms with Gasteiger partial charge in [0.25, 0.3) is 0 Å². The highest BCUT2D eigenvalue weighted by molar-refractivity contribution is 8.03. The maximum absolute atomic E-state index is 12.8. The van der Waals surface area contributed by atoms with E-state index in [-0.39, 0.29) is 11.2 Å². The molecular formula is C19H22O2S. The summed E-state index contributed by atoms with van der Waals surface area (Å²) in [7, 11) is 1.66. The van der Waals surface area contributed by atoms with Crippen molar-refractivity contribution in [3.8, 4) is 5.75 Å². The molecule has 116 valence electrons. The fourth-order valence-corrected chi connectivity index (χ4v) is 4.70. The quantitative estimate of drug-likeness (QED) is 0.743. The van der Waals surface area contributed by atoms with Gasteiger partial charge in [0.15, 0.2) is 5.78 Å². The van der Waals surface area contributed by atoms with Gasteiger partial charge in [-0.15, -0.1) is 11.8 Å². The smallest absolute Gasteiger partial charge is 0.165 e. The molecule has 0 bridgehead atoms. The number of thioether (sulfide) groups is 1. The van der Waals surface area contributed by atoms with Crippen LogP contribution in [0.25, 0.3) is 5.57 Å². The summed E-state index contributed by atoms with van der Waals surface area (Å²) in [5, 5.41) is 0. The van der Waals surface area contributed by atoms with Crippen molar-refractivity contribution in [2.45, 2.75) is 32.6 Å². The van der Waals surface area contributed by atoms with Gasteiger partial charge in [0.2, 0.25) is 0 Å². The van der Waals surface area contributed by atoms with Gasteiger partial charge in [-0.3, -0.25) is 4.79 Å². The van der Waals surface area contributed by atoms with Gasteiger partial charge in [0.1, 0.15) is 5.75 Å². The van der Waals surface area contributed by atoms with Crippen molar-refractivity contribution >= 4 is 23.1 Å². The third-order valence-corrected chi connectivity index (χ3v) is 5.72. The Hall–Kier alpha value is -1.48. The molecule has 0 aliphatic heterocycles. The first-order chi connectivity index (χ1) is 10.7. The van der Waals surface area contributed by atoms with E-state index in [1.165, 1.54) is 11.3 Å². The van der Waals surface area contributed by atoms with Crippen LogP contribution in [0.1, 0.15) is 38.2 Å². The molecule has 0 saturated heterocycles. The van der Waals surface area contributed by atoms with Crippen LogP contribution < -0.4 is 4.74 Å². The Morgan fingerprint density at radius 2 is 2.05 bits per heavy atom. The second-order valence-electron chi connectivity index (χ2n) is 5.92. The molecule has 3 heteroatoms. The van der Waals surface area contributed by atoms with Crippen molar-refractivity contribution in [1.82, 2.24) is 0 Å². The molecule has 1 unspecified atom stereocenters. The van der Waals surface area contributed by atoms with E-state index in [1.54, 1.807) is 7.11 Å². The molecule has 22 heavy (non-hydrogen) atoms. The molecule has 0 radical (unpaired) electrons. The largest absolute Gasteiger partial charge is 0.497 e. The van der Waals surface area contributed by atoms with E-state index in [2.05, 4.69) is 19.1 Å². The predicted octanol–water partition coefficient (Wildman–Crippen LogP) is 4.86. The monoisotopic (exact) mass is 314 g/mol. The van der Waals surface area contributed by atoms with Crippen LogP contribution in [-0.2, 0) is 4.79 Å². The molecule has 0 amide bonds. The number of rotatable bonds is 4. The molecule has 3 rings (SSSR count). The van der Waals surface area contributed by atoms with Gasteiger partial charge in [-0.25, -0.2) is 0 Å². The molecule has 2 nitrogen and oxygen atoms in total. The minimum absolute atomic E-state index is 0.0364. The average Bonchev–Trinajstić information content (AvgIpc) is 2.80. The summed E-state index contributed by atoms with van der Waals surface area (Å²) in [6, 6.07) is 7.89. The molecule has 0 N–H and O–H groups in total. The van der Waals surface area contributed by atoms with Gasteiger partial charge in [-0.2, -0.15) is 0 Å². The zero-order valence-corrected chi connectivity index (χ0v) is 14.0. The Labute approximate surface area is 136 Å². The number of methoxy groups -OCH3 is 1. The van der Waals surface area contributed by atoms with Gasteiger partial charge in [-0.05, 0) is 42.7 Å². The lowest BCUT2D eigenvalue weighted by Gasteiger charge is -2.31. The number of ether oxygens (including phenoxy) is 1. The van der Waals surface area contributed by atoms with Crippen molar-refractivity contribution in [2.24, 2.45) is 5.41 Å². The summed E-state index contributed by atoms with van der Waals surface area (Å²) in [5.41, 5.74) is 1.92. The van der Waals surface area contributed by atoms with Crippen molar-refractivity contribution in [1.29, 1.82) is 0 Å². The molecule has 1 aromatic carbocycles. The first kappa shape index (κ1) is 15.4. The molecule has 0 saturated carbocycles. The van der Waals surface area contributed by atoms with E-state index in [0.717, 1.165) is 35.5 Å². The van der Waals surface area contributed by atoms with Crippen LogP contribution in [0, 0.1) is 5.41 Å². The minimum Gasteiger partial charge on any atom is -0.497 e. The van der Waals surface area contributed by atoms with E-state index in [4.69, 9.17) is 4.74 Å². The maximum atomic E-state index is 12.8. The van der Waals surface area contributed by atoms with Gasteiger partial charge < -0.3 is 4.74 Å². The topological polar surface area (TPSA) is 26.3 Å². The molecule has 1 atom stereocenters. The van der Waals surface area contributed by atoms with Crippen LogP contribution >= 0.6 is 11.8 Å². The number of allylic oxidation sites excluding steroid dienone is 4. The fraction of sp³-hybridized carbons (Fsp3) is 0.421. The normalized spacial score (nSPS) is 24.4. The third-order valence-electron chi connectivity index (χ3n) is 4.53. The van der Waals surface area contributed by atoms with Crippen LogP contribution in [0.2, 0.25) is 0 Å². The summed E-state index contributed by atoms with van der Waals surface area (Å²) in [4.78, 5) is 14.0. The Balaban J connectivity index is 2.08. The SMILES string of the molecule is CCSC1=C(c2ccc(OC)cc2)C(=O)CC12C=CCCC2. The van der Waals surface area contributed by atoms with Gasteiger partial charge in [0.05, 0.1) is 7.11 Å². The second-order valence-corrected chi connectivity index (χ2v) is 7.19. The lowest BCUT2D eigenvalue weighted by atomic mass is 9.78. The standard InChI is InChI=1S/C19H22O2S/c1-3-22-18-17(14-7-9-15(21-2)10-8-14)16(20)13-19(18)11-5-4-6-12-19/h5,7-11H,3-4,6,12-13H2,1-2H3. The molecule has 0 aromatic heterocycles. The molecule has 2 aliphatic rings. The maximum Gasteiger partial charge on any atom is 0.165 e. The van der Waals surface area contributed by atoms with Crippen molar-refractivity contribution < 1.29 is 9.53 Å². The minimum atomic E-state index is -0.0364. The highest BCUT2D eigenvalue weighted by Crippen LogP contribution is 2.54. The summed E-state index contributed by atoms with van der Waals surface area (Å²) in [6.45, 7) is 2.16. The lowest BCUT2D eigenvalue weighted by Crippen LogP contribution is -2.19. The summed E-state index contributed by atoms with van der Waals surface area (Å²) >= 11 is 1.84. The summed E-state index contributed by atoms with van der Waals surface area (Å²) in [6.07, 6.45) is 8.59. The molecule has 0 fully saturated rings. The first-order valence-electron chi connectivity index (χ1n) is 7.93. The fourth-order valence-electron chi connectivity index (χ4n) is 3.50. The van der Waals surface area contributed by atoms with Crippen LogP contribution in [0.5, 0.6) is 5.75 Å². The van der Waals surface area contributed by atoms with E-state index < -0.39 is 0 Å². The van der Waals surface area contributed by atoms with Crippen LogP contribution in [0.15, 0.2) is 41.3 Å². The Morgan fingerprint density at radius 1 is 1.27 bits per heavy atom. The molecule has 2 aliphatic carbocycles. The second kappa shape index (κ2) is 6.33. The van der Waals surface area contributed by atoms with Crippen LogP contribution in [0.3, 0.4) is 0 Å². The first-order valence-corrected chi connectivity index (χ1v) is 8.91. The zero-order chi connectivity index (χ0) is 15.6. The number of Topliss-reactive ketones (excluding diaryl/α,β-unsaturated/α-hetero) is 1. The molecule has 0 heterocycles. The highest BCUT2D eigenvalue weighted by Gasteiger charge is 2.44. The number of benzene rings is 1. The predicted molar refractivity (Wildman–Crippen MR) is 93.1 cm³/mol. The zero-order valence-electron chi connectivity index (χ0n) is 13.2. The summed E-state index contributed by atoms with van der Waals surface area (Å²) < 4.78 is 5.23. The molecular weight excluding hydrogens is 292 g/mol. The van der Waals surface area contributed by atoms with Crippen LogP contribution in [-0.4, -0.2) is 18.6 Å². The van der Waals surface area contributed by atoms with Gasteiger partial charge in [-0.1, -0.05) is 31.2 Å².